The Hall–Kier alpha value is -0.870. The molecule has 0 heterocycles. The van der Waals surface area contributed by atoms with E-state index in [2.05, 4.69) is 28.2 Å². The molecule has 0 aromatic heterocycles. The Kier molecular flexibility index (Phi) is 6.52. The summed E-state index contributed by atoms with van der Waals surface area (Å²) in [6, 6.07) is 3.87. The van der Waals surface area contributed by atoms with E-state index in [0.717, 1.165) is 34.0 Å². The first kappa shape index (κ1) is 16.2. The highest BCUT2D eigenvalue weighted by molar-refractivity contribution is 9.10. The minimum atomic E-state index is -0.0375. The van der Waals surface area contributed by atoms with Gasteiger partial charge in [0.15, 0.2) is 0 Å². The Bertz CT molecular complexity index is 446. The molecule has 19 heavy (non-hydrogen) atoms. The standard InChI is InChI=1S/C15H22BrNO2/c1-4-12(5-6-18)9-17-15(19)13-7-11(3)14(16)8-10(13)2/h7-8,12,18H,4-6,9H2,1-3H3,(H,17,19). The average molecular weight is 328 g/mol. The molecule has 0 aliphatic heterocycles. The predicted molar refractivity (Wildman–Crippen MR) is 81.4 cm³/mol. The van der Waals surface area contributed by atoms with Gasteiger partial charge in [0, 0.05) is 23.2 Å². The fourth-order valence-electron chi connectivity index (χ4n) is 1.99. The van der Waals surface area contributed by atoms with E-state index in [9.17, 15) is 4.79 Å². The SMILES string of the molecule is CCC(CCO)CNC(=O)c1cc(C)c(Br)cc1C. The van der Waals surface area contributed by atoms with Crippen LogP contribution in [0.5, 0.6) is 0 Å². The summed E-state index contributed by atoms with van der Waals surface area (Å²) in [5.41, 5.74) is 2.74. The molecule has 0 spiro atoms. The second-order valence-electron chi connectivity index (χ2n) is 4.91. The molecule has 2 N–H and O–H groups in total. The lowest BCUT2D eigenvalue weighted by atomic mass is 10.0. The van der Waals surface area contributed by atoms with Gasteiger partial charge < -0.3 is 10.4 Å². The summed E-state index contributed by atoms with van der Waals surface area (Å²) in [4.78, 5) is 12.2. The van der Waals surface area contributed by atoms with Crippen molar-refractivity contribution in [2.45, 2.75) is 33.6 Å². The van der Waals surface area contributed by atoms with Crippen molar-refractivity contribution >= 4 is 21.8 Å². The molecule has 0 aliphatic rings. The van der Waals surface area contributed by atoms with Crippen molar-refractivity contribution in [3.8, 4) is 0 Å². The number of hydrogen-bond donors (Lipinski definition) is 2. The number of aryl methyl sites for hydroxylation is 2. The second-order valence-corrected chi connectivity index (χ2v) is 5.77. The quantitative estimate of drug-likeness (QED) is 0.842. The number of aliphatic hydroxyl groups excluding tert-OH is 1. The lowest BCUT2D eigenvalue weighted by molar-refractivity contribution is 0.0943. The van der Waals surface area contributed by atoms with Crippen molar-refractivity contribution in [1.29, 1.82) is 0 Å². The van der Waals surface area contributed by atoms with E-state index >= 15 is 0 Å². The minimum Gasteiger partial charge on any atom is -0.396 e. The number of hydrogen-bond acceptors (Lipinski definition) is 2. The van der Waals surface area contributed by atoms with Gasteiger partial charge in [-0.25, -0.2) is 0 Å². The zero-order valence-electron chi connectivity index (χ0n) is 11.8. The van der Waals surface area contributed by atoms with Crippen LogP contribution in [0, 0.1) is 19.8 Å². The number of benzene rings is 1. The highest BCUT2D eigenvalue weighted by Gasteiger charge is 2.13. The Morgan fingerprint density at radius 2 is 2.05 bits per heavy atom. The van der Waals surface area contributed by atoms with Crippen LogP contribution in [-0.4, -0.2) is 24.2 Å². The molecule has 0 fully saturated rings. The van der Waals surface area contributed by atoms with Crippen LogP contribution >= 0.6 is 15.9 Å². The van der Waals surface area contributed by atoms with Crippen LogP contribution in [0.15, 0.2) is 16.6 Å². The normalized spacial score (nSPS) is 12.3. The first-order chi connectivity index (χ1) is 8.99. The molecule has 0 saturated carbocycles. The molecule has 1 aromatic rings. The van der Waals surface area contributed by atoms with E-state index in [1.54, 1.807) is 0 Å². The highest BCUT2D eigenvalue weighted by Crippen LogP contribution is 2.21. The molecule has 0 bridgehead atoms. The molecule has 1 atom stereocenters. The number of rotatable bonds is 6. The summed E-state index contributed by atoms with van der Waals surface area (Å²) in [5.74, 6) is 0.301. The maximum Gasteiger partial charge on any atom is 0.251 e. The molecule has 4 heteroatoms. The molecule has 106 valence electrons. The zero-order valence-corrected chi connectivity index (χ0v) is 13.4. The molecule has 1 aromatic carbocycles. The first-order valence-electron chi connectivity index (χ1n) is 6.65. The van der Waals surface area contributed by atoms with Gasteiger partial charge >= 0.3 is 0 Å². The lowest BCUT2D eigenvalue weighted by Crippen LogP contribution is -2.30. The van der Waals surface area contributed by atoms with Gasteiger partial charge in [-0.15, -0.1) is 0 Å². The Balaban J connectivity index is 2.70. The Morgan fingerprint density at radius 3 is 2.63 bits per heavy atom. The van der Waals surface area contributed by atoms with Crippen molar-refractivity contribution in [1.82, 2.24) is 5.32 Å². The van der Waals surface area contributed by atoms with Crippen LogP contribution in [0.3, 0.4) is 0 Å². The third kappa shape index (κ3) is 4.62. The second kappa shape index (κ2) is 7.65. The predicted octanol–water partition coefficient (Wildman–Crippen LogP) is 3.20. The number of aliphatic hydroxyl groups is 1. The van der Waals surface area contributed by atoms with Crippen molar-refractivity contribution in [2.75, 3.05) is 13.2 Å². The Morgan fingerprint density at radius 1 is 1.37 bits per heavy atom. The third-order valence-corrected chi connectivity index (χ3v) is 4.27. The van der Waals surface area contributed by atoms with E-state index in [-0.39, 0.29) is 12.5 Å². The van der Waals surface area contributed by atoms with Gasteiger partial charge in [-0.1, -0.05) is 29.3 Å². The van der Waals surface area contributed by atoms with Crippen LogP contribution in [0.25, 0.3) is 0 Å². The number of nitrogens with one attached hydrogen (secondary N) is 1. The molecular weight excluding hydrogens is 306 g/mol. The summed E-state index contributed by atoms with van der Waals surface area (Å²) >= 11 is 3.46. The number of amides is 1. The molecule has 1 rings (SSSR count). The smallest absolute Gasteiger partial charge is 0.251 e. The highest BCUT2D eigenvalue weighted by atomic mass is 79.9. The number of carbonyl (C=O) groups excluding carboxylic acids is 1. The number of carbonyl (C=O) groups is 1. The van der Waals surface area contributed by atoms with Crippen LogP contribution in [-0.2, 0) is 0 Å². The molecular formula is C15H22BrNO2. The van der Waals surface area contributed by atoms with E-state index in [4.69, 9.17) is 5.11 Å². The third-order valence-electron chi connectivity index (χ3n) is 3.42. The van der Waals surface area contributed by atoms with Gasteiger partial charge in [-0.3, -0.25) is 4.79 Å². The summed E-state index contributed by atoms with van der Waals surface area (Å²) < 4.78 is 1.02. The molecule has 1 amide bonds. The van der Waals surface area contributed by atoms with E-state index in [1.807, 2.05) is 26.0 Å². The molecule has 3 nitrogen and oxygen atoms in total. The topological polar surface area (TPSA) is 49.3 Å². The van der Waals surface area contributed by atoms with E-state index in [0.29, 0.717) is 12.5 Å². The summed E-state index contributed by atoms with van der Waals surface area (Å²) in [7, 11) is 0. The van der Waals surface area contributed by atoms with Gasteiger partial charge in [0.25, 0.3) is 5.91 Å². The zero-order chi connectivity index (χ0) is 14.4. The monoisotopic (exact) mass is 327 g/mol. The van der Waals surface area contributed by atoms with E-state index in [1.165, 1.54) is 0 Å². The van der Waals surface area contributed by atoms with E-state index < -0.39 is 0 Å². The largest absolute Gasteiger partial charge is 0.396 e. The Labute approximate surface area is 123 Å². The van der Waals surface area contributed by atoms with Crippen LogP contribution in [0.4, 0.5) is 0 Å². The molecule has 0 radical (unpaired) electrons. The van der Waals surface area contributed by atoms with Crippen molar-refractivity contribution in [3.05, 3.63) is 33.3 Å². The lowest BCUT2D eigenvalue weighted by Gasteiger charge is -2.15. The number of halogens is 1. The van der Waals surface area contributed by atoms with Gasteiger partial charge in [-0.2, -0.15) is 0 Å². The van der Waals surface area contributed by atoms with Gasteiger partial charge in [0.1, 0.15) is 0 Å². The first-order valence-corrected chi connectivity index (χ1v) is 7.44. The van der Waals surface area contributed by atoms with Crippen LogP contribution in [0.2, 0.25) is 0 Å². The van der Waals surface area contributed by atoms with Gasteiger partial charge in [0.05, 0.1) is 0 Å². The molecule has 0 aliphatic carbocycles. The van der Waals surface area contributed by atoms with Crippen molar-refractivity contribution < 1.29 is 9.90 Å². The van der Waals surface area contributed by atoms with Crippen molar-refractivity contribution in [2.24, 2.45) is 5.92 Å². The molecule has 0 saturated heterocycles. The van der Waals surface area contributed by atoms with Gasteiger partial charge in [-0.05, 0) is 49.4 Å². The summed E-state index contributed by atoms with van der Waals surface area (Å²) in [6.07, 6.45) is 1.69. The maximum absolute atomic E-state index is 12.2. The van der Waals surface area contributed by atoms with Crippen LogP contribution < -0.4 is 5.32 Å². The molecule has 1 unspecified atom stereocenters. The fraction of sp³-hybridized carbons (Fsp3) is 0.533. The fourth-order valence-corrected chi connectivity index (χ4v) is 2.45. The van der Waals surface area contributed by atoms with Crippen LogP contribution in [0.1, 0.15) is 41.3 Å². The maximum atomic E-state index is 12.2. The summed E-state index contributed by atoms with van der Waals surface area (Å²) in [6.45, 7) is 6.77. The minimum absolute atomic E-state index is 0.0375. The van der Waals surface area contributed by atoms with Gasteiger partial charge in [0.2, 0.25) is 0 Å². The summed E-state index contributed by atoms with van der Waals surface area (Å²) in [5, 5.41) is 11.9. The average Bonchev–Trinajstić information content (AvgIpc) is 2.38. The van der Waals surface area contributed by atoms with Crippen molar-refractivity contribution in [3.63, 3.8) is 0 Å².